The topological polar surface area (TPSA) is 97.4 Å². The van der Waals surface area contributed by atoms with Crippen LogP contribution < -0.4 is 9.47 Å². The van der Waals surface area contributed by atoms with E-state index in [-0.39, 0.29) is 6.61 Å². The van der Waals surface area contributed by atoms with Crippen LogP contribution in [0.5, 0.6) is 11.5 Å². The summed E-state index contributed by atoms with van der Waals surface area (Å²) < 4.78 is 26.4. The molecule has 0 aliphatic heterocycles. The fourth-order valence-corrected chi connectivity index (χ4v) is 3.16. The number of carbonyl (C=O) groups excluding carboxylic acids is 3. The number of allylic oxidation sites excluding steroid dienone is 4. The summed E-state index contributed by atoms with van der Waals surface area (Å²) >= 11 is 0. The van der Waals surface area contributed by atoms with Crippen LogP contribution in [0.2, 0.25) is 0 Å². The second-order valence-corrected chi connectivity index (χ2v) is 7.78. The van der Waals surface area contributed by atoms with Crippen LogP contribution >= 0.6 is 0 Å². The van der Waals surface area contributed by atoms with E-state index >= 15 is 0 Å². The molecular weight excluding hydrogens is 476 g/mol. The predicted molar refractivity (Wildman–Crippen MR) is 137 cm³/mol. The van der Waals surface area contributed by atoms with Gasteiger partial charge in [0.1, 0.15) is 23.0 Å². The molecule has 0 spiro atoms. The van der Waals surface area contributed by atoms with Crippen LogP contribution in [0.4, 0.5) is 0 Å². The van der Waals surface area contributed by atoms with Crippen molar-refractivity contribution < 1.29 is 38.1 Å². The Labute approximate surface area is 215 Å². The SMILES string of the molecule is C=CC(=O)OCCCOc1ccc(C(=O)OC2=CC=C(OC(=O)/C=C/c3ccc(OC)cc3)CC2)cc1. The number of rotatable bonds is 12. The summed E-state index contributed by atoms with van der Waals surface area (Å²) in [4.78, 5) is 35.5. The molecule has 0 radical (unpaired) electrons. The Bertz CT molecular complexity index is 1190. The molecule has 1 aliphatic rings. The fourth-order valence-electron chi connectivity index (χ4n) is 3.16. The normalized spacial score (nSPS) is 12.7. The second-order valence-electron chi connectivity index (χ2n) is 7.78. The highest BCUT2D eigenvalue weighted by atomic mass is 16.5. The maximum Gasteiger partial charge on any atom is 0.343 e. The van der Waals surface area contributed by atoms with Gasteiger partial charge in [0, 0.05) is 31.4 Å². The summed E-state index contributed by atoms with van der Waals surface area (Å²) in [6.45, 7) is 3.92. The zero-order valence-electron chi connectivity index (χ0n) is 20.5. The van der Waals surface area contributed by atoms with Crippen LogP contribution in [0.3, 0.4) is 0 Å². The molecule has 0 saturated heterocycles. The number of hydrogen-bond donors (Lipinski definition) is 0. The third kappa shape index (κ3) is 9.18. The average Bonchev–Trinajstić information content (AvgIpc) is 2.93. The van der Waals surface area contributed by atoms with Crippen molar-refractivity contribution in [1.82, 2.24) is 0 Å². The zero-order chi connectivity index (χ0) is 26.5. The van der Waals surface area contributed by atoms with Crippen molar-refractivity contribution in [3.8, 4) is 11.5 Å². The van der Waals surface area contributed by atoms with Crippen LogP contribution in [0, 0.1) is 0 Å². The molecule has 0 aromatic heterocycles. The quantitative estimate of drug-likeness (QED) is 0.169. The standard InChI is InChI=1S/C29H28O8/c1-3-27(30)35-20-4-19-34-24-12-8-22(9-13-24)29(32)37-26-16-14-25(15-17-26)36-28(31)18-7-21-5-10-23(33-2)11-6-21/h3,5-14,16,18H,1,4,15,17,19-20H2,2H3/b18-7+. The number of ether oxygens (including phenoxy) is 5. The molecule has 0 saturated carbocycles. The molecule has 2 aromatic rings. The molecular formula is C29H28O8. The van der Waals surface area contributed by atoms with Crippen LogP contribution in [0.15, 0.2) is 90.9 Å². The lowest BCUT2D eigenvalue weighted by molar-refractivity contribution is -0.138. The maximum absolute atomic E-state index is 12.5. The lowest BCUT2D eigenvalue weighted by Gasteiger charge is -2.14. The minimum atomic E-state index is -0.495. The van der Waals surface area contributed by atoms with Gasteiger partial charge in [-0.1, -0.05) is 18.7 Å². The Balaban J connectivity index is 1.42. The summed E-state index contributed by atoms with van der Waals surface area (Å²) in [5.41, 5.74) is 1.22. The van der Waals surface area contributed by atoms with Gasteiger partial charge in [-0.05, 0) is 60.2 Å². The first kappa shape index (κ1) is 27.0. The van der Waals surface area contributed by atoms with Crippen molar-refractivity contribution >= 4 is 24.0 Å². The molecule has 1 aliphatic carbocycles. The lowest BCUT2D eigenvalue weighted by atomic mass is 10.1. The third-order valence-corrected chi connectivity index (χ3v) is 5.11. The van der Waals surface area contributed by atoms with Gasteiger partial charge in [0.05, 0.1) is 25.9 Å². The first-order valence-corrected chi connectivity index (χ1v) is 11.6. The van der Waals surface area contributed by atoms with Gasteiger partial charge in [-0.3, -0.25) is 0 Å². The van der Waals surface area contributed by atoms with Crippen molar-refractivity contribution in [2.75, 3.05) is 20.3 Å². The minimum Gasteiger partial charge on any atom is -0.497 e. The smallest absolute Gasteiger partial charge is 0.343 e. The number of esters is 3. The Morgan fingerprint density at radius 3 is 2.11 bits per heavy atom. The second kappa shape index (κ2) is 14.1. The molecule has 0 amide bonds. The van der Waals surface area contributed by atoms with E-state index < -0.39 is 17.9 Å². The first-order chi connectivity index (χ1) is 18.0. The first-order valence-electron chi connectivity index (χ1n) is 11.6. The Morgan fingerprint density at radius 2 is 1.49 bits per heavy atom. The van der Waals surface area contributed by atoms with Crippen molar-refractivity contribution in [3.05, 3.63) is 102 Å². The van der Waals surface area contributed by atoms with Crippen molar-refractivity contribution in [1.29, 1.82) is 0 Å². The van der Waals surface area contributed by atoms with Gasteiger partial charge in [0.25, 0.3) is 0 Å². The zero-order valence-corrected chi connectivity index (χ0v) is 20.5. The largest absolute Gasteiger partial charge is 0.497 e. The molecule has 192 valence electrons. The van der Waals surface area contributed by atoms with E-state index in [9.17, 15) is 14.4 Å². The molecule has 8 nitrogen and oxygen atoms in total. The summed E-state index contributed by atoms with van der Waals surface area (Å²) in [6.07, 6.45) is 8.74. The van der Waals surface area contributed by atoms with Gasteiger partial charge in [-0.15, -0.1) is 0 Å². The highest BCUT2D eigenvalue weighted by molar-refractivity contribution is 5.90. The van der Waals surface area contributed by atoms with Crippen molar-refractivity contribution in [2.45, 2.75) is 19.3 Å². The van der Waals surface area contributed by atoms with Crippen LogP contribution in [0.25, 0.3) is 6.08 Å². The van der Waals surface area contributed by atoms with Gasteiger partial charge in [0.15, 0.2) is 0 Å². The number of hydrogen-bond acceptors (Lipinski definition) is 8. The monoisotopic (exact) mass is 504 g/mol. The van der Waals surface area contributed by atoms with E-state index in [0.29, 0.717) is 48.7 Å². The summed E-state index contributed by atoms with van der Waals surface area (Å²) in [7, 11) is 1.59. The van der Waals surface area contributed by atoms with Crippen LogP contribution in [0.1, 0.15) is 35.2 Å². The van der Waals surface area contributed by atoms with E-state index in [4.69, 9.17) is 23.7 Å². The highest BCUT2D eigenvalue weighted by Gasteiger charge is 2.15. The van der Waals surface area contributed by atoms with Gasteiger partial charge in [-0.2, -0.15) is 0 Å². The minimum absolute atomic E-state index is 0.236. The molecule has 0 bridgehead atoms. The number of carbonyl (C=O) groups is 3. The molecule has 0 unspecified atom stereocenters. The van der Waals surface area contributed by atoms with Gasteiger partial charge in [0.2, 0.25) is 0 Å². The third-order valence-electron chi connectivity index (χ3n) is 5.11. The number of methoxy groups -OCH3 is 1. The molecule has 0 atom stereocenters. The highest BCUT2D eigenvalue weighted by Crippen LogP contribution is 2.22. The van der Waals surface area contributed by atoms with Gasteiger partial charge >= 0.3 is 17.9 Å². The summed E-state index contributed by atoms with van der Waals surface area (Å²) in [5, 5.41) is 0. The Hall–Kier alpha value is -4.59. The molecule has 0 fully saturated rings. The maximum atomic E-state index is 12.5. The Kier molecular flexibility index (Phi) is 10.3. The Morgan fingerprint density at radius 1 is 0.838 bits per heavy atom. The average molecular weight is 505 g/mol. The molecule has 8 heteroatoms. The molecule has 0 heterocycles. The summed E-state index contributed by atoms with van der Waals surface area (Å²) in [6, 6.07) is 13.8. The van der Waals surface area contributed by atoms with Crippen LogP contribution in [-0.2, 0) is 23.8 Å². The number of benzene rings is 2. The van der Waals surface area contributed by atoms with E-state index in [0.717, 1.165) is 17.4 Å². The summed E-state index contributed by atoms with van der Waals surface area (Å²) in [5.74, 6) is 0.832. The van der Waals surface area contributed by atoms with Crippen molar-refractivity contribution in [2.24, 2.45) is 0 Å². The van der Waals surface area contributed by atoms with E-state index in [2.05, 4.69) is 6.58 Å². The predicted octanol–water partition coefficient (Wildman–Crippen LogP) is 5.17. The van der Waals surface area contributed by atoms with Gasteiger partial charge in [-0.25, -0.2) is 14.4 Å². The molecule has 0 N–H and O–H groups in total. The lowest BCUT2D eigenvalue weighted by Crippen LogP contribution is -2.09. The van der Waals surface area contributed by atoms with E-state index in [1.165, 1.54) is 6.08 Å². The van der Waals surface area contributed by atoms with E-state index in [1.807, 2.05) is 12.1 Å². The van der Waals surface area contributed by atoms with Crippen molar-refractivity contribution in [3.63, 3.8) is 0 Å². The molecule has 37 heavy (non-hydrogen) atoms. The molecule has 2 aromatic carbocycles. The molecule has 3 rings (SSSR count). The van der Waals surface area contributed by atoms with Gasteiger partial charge < -0.3 is 23.7 Å². The fraction of sp³-hybridized carbons (Fsp3) is 0.207. The van der Waals surface area contributed by atoms with E-state index in [1.54, 1.807) is 61.7 Å². The van der Waals surface area contributed by atoms with Crippen LogP contribution in [-0.4, -0.2) is 38.2 Å².